The quantitative estimate of drug-likeness (QED) is 0.444. The Bertz CT molecular complexity index is 204. The van der Waals surface area contributed by atoms with Crippen molar-refractivity contribution < 1.29 is 19.5 Å². The number of ether oxygens (including phenoxy) is 1. The lowest BCUT2D eigenvalue weighted by atomic mass is 10.2. The maximum Gasteiger partial charge on any atom is 0.333 e. The van der Waals surface area contributed by atoms with Gasteiger partial charge in [-0.15, -0.1) is 0 Å². The molecule has 0 aliphatic carbocycles. The highest BCUT2D eigenvalue weighted by molar-refractivity contribution is 5.87. The van der Waals surface area contributed by atoms with Crippen molar-refractivity contribution in [3.8, 4) is 0 Å². The van der Waals surface area contributed by atoms with Crippen LogP contribution >= 0.6 is 0 Å². The van der Waals surface area contributed by atoms with Crippen LogP contribution in [0.2, 0.25) is 0 Å². The normalized spacial score (nSPS) is 24.0. The highest BCUT2D eigenvalue weighted by atomic mass is 16.6. The van der Waals surface area contributed by atoms with Gasteiger partial charge in [0.15, 0.2) is 0 Å². The van der Waals surface area contributed by atoms with Gasteiger partial charge < -0.3 is 9.94 Å². The van der Waals surface area contributed by atoms with E-state index in [1.54, 1.807) is 0 Å². The molecule has 0 amide bonds. The summed E-state index contributed by atoms with van der Waals surface area (Å²) < 4.78 is 4.33. The summed E-state index contributed by atoms with van der Waals surface area (Å²) in [5.74, 6) is -1.30. The Hall–Kier alpha value is -0.940. The third-order valence-electron chi connectivity index (χ3n) is 1.74. The summed E-state index contributed by atoms with van der Waals surface area (Å²) in [7, 11) is 0. The van der Waals surface area contributed by atoms with Crippen LogP contribution in [0, 0.1) is 0 Å². The molecule has 0 saturated carbocycles. The first kappa shape index (κ1) is 9.15. The molecule has 1 aliphatic rings. The Balaban J connectivity index is 2.46. The van der Waals surface area contributed by atoms with Crippen LogP contribution in [0.3, 0.4) is 0 Å². The van der Waals surface area contributed by atoms with Crippen LogP contribution in [0.4, 0.5) is 0 Å². The molecule has 1 rings (SSSR count). The van der Waals surface area contributed by atoms with E-state index in [0.29, 0.717) is 13.0 Å². The van der Waals surface area contributed by atoms with Gasteiger partial charge in [0.25, 0.3) is 0 Å². The zero-order chi connectivity index (χ0) is 9.14. The number of carbonyl (C=O) groups excluding carboxylic acids is 2. The van der Waals surface area contributed by atoms with Gasteiger partial charge >= 0.3 is 11.9 Å². The molecule has 0 aromatic carbocycles. The summed E-state index contributed by atoms with van der Waals surface area (Å²) in [6, 6.07) is -0.658. The standard InChI is InChI=1S/C7H11NO4/c1-5(9)12-7(10)6-3-2-4-8(6)11/h6,11H,2-4H2,1H3/t6-/m0/s1. The molecule has 1 saturated heterocycles. The number of rotatable bonds is 1. The van der Waals surface area contributed by atoms with Crippen molar-refractivity contribution in [2.45, 2.75) is 25.8 Å². The molecule has 1 heterocycles. The third-order valence-corrected chi connectivity index (χ3v) is 1.74. The minimum atomic E-state index is -0.664. The monoisotopic (exact) mass is 173 g/mol. The Kier molecular flexibility index (Phi) is 2.78. The molecule has 1 fully saturated rings. The van der Waals surface area contributed by atoms with Crippen molar-refractivity contribution in [2.75, 3.05) is 6.54 Å². The minimum Gasteiger partial charge on any atom is -0.392 e. The van der Waals surface area contributed by atoms with Crippen molar-refractivity contribution in [3.05, 3.63) is 0 Å². The number of nitrogens with zero attached hydrogens (tertiary/aromatic N) is 1. The van der Waals surface area contributed by atoms with E-state index in [1.165, 1.54) is 0 Å². The molecule has 5 heteroatoms. The van der Waals surface area contributed by atoms with Crippen molar-refractivity contribution >= 4 is 11.9 Å². The first-order valence-corrected chi connectivity index (χ1v) is 3.79. The molecule has 0 unspecified atom stereocenters. The van der Waals surface area contributed by atoms with Gasteiger partial charge in [-0.3, -0.25) is 4.79 Å². The van der Waals surface area contributed by atoms with Crippen LogP contribution in [0.1, 0.15) is 19.8 Å². The van der Waals surface area contributed by atoms with E-state index in [9.17, 15) is 9.59 Å². The minimum absolute atomic E-state index is 0.456. The molecule has 1 N–H and O–H groups in total. The number of esters is 2. The van der Waals surface area contributed by atoms with Gasteiger partial charge in [-0.1, -0.05) is 0 Å². The van der Waals surface area contributed by atoms with Crippen molar-refractivity contribution in [2.24, 2.45) is 0 Å². The van der Waals surface area contributed by atoms with E-state index >= 15 is 0 Å². The van der Waals surface area contributed by atoms with Crippen molar-refractivity contribution in [1.82, 2.24) is 5.06 Å². The molecule has 0 radical (unpaired) electrons. The van der Waals surface area contributed by atoms with Crippen molar-refractivity contribution in [1.29, 1.82) is 0 Å². The van der Waals surface area contributed by atoms with E-state index in [4.69, 9.17) is 5.21 Å². The molecule has 1 aliphatic heterocycles. The van der Waals surface area contributed by atoms with Gasteiger partial charge in [0.1, 0.15) is 6.04 Å². The van der Waals surface area contributed by atoms with E-state index in [2.05, 4.69) is 4.74 Å². The number of hydrogen-bond acceptors (Lipinski definition) is 5. The van der Waals surface area contributed by atoms with Crippen LogP contribution in [0.15, 0.2) is 0 Å². The lowest BCUT2D eigenvalue weighted by Gasteiger charge is -2.14. The average molecular weight is 173 g/mol. The molecule has 0 aromatic heterocycles. The second-order valence-corrected chi connectivity index (χ2v) is 2.73. The fourth-order valence-electron chi connectivity index (χ4n) is 1.20. The summed E-state index contributed by atoms with van der Waals surface area (Å²) >= 11 is 0. The molecule has 5 nitrogen and oxygen atoms in total. The van der Waals surface area contributed by atoms with Gasteiger partial charge in [-0.2, -0.15) is 5.06 Å². The van der Waals surface area contributed by atoms with Crippen molar-refractivity contribution in [3.63, 3.8) is 0 Å². The van der Waals surface area contributed by atoms with Gasteiger partial charge in [-0.25, -0.2) is 4.79 Å². The van der Waals surface area contributed by atoms with Gasteiger partial charge in [0, 0.05) is 13.5 Å². The first-order chi connectivity index (χ1) is 5.61. The van der Waals surface area contributed by atoms with E-state index < -0.39 is 18.0 Å². The highest BCUT2D eigenvalue weighted by Gasteiger charge is 2.31. The van der Waals surface area contributed by atoms with Gasteiger partial charge in [0.05, 0.1) is 0 Å². The summed E-state index contributed by atoms with van der Waals surface area (Å²) in [5, 5.41) is 10.0. The Morgan fingerprint density at radius 3 is 2.67 bits per heavy atom. The predicted molar refractivity (Wildman–Crippen MR) is 38.3 cm³/mol. The zero-order valence-corrected chi connectivity index (χ0v) is 6.82. The smallest absolute Gasteiger partial charge is 0.333 e. The zero-order valence-electron chi connectivity index (χ0n) is 6.82. The molecular weight excluding hydrogens is 162 g/mol. The molecule has 0 spiro atoms. The predicted octanol–water partition coefficient (Wildman–Crippen LogP) is -0.0703. The van der Waals surface area contributed by atoms with Crippen LogP contribution < -0.4 is 0 Å². The van der Waals surface area contributed by atoms with E-state index in [0.717, 1.165) is 18.4 Å². The van der Waals surface area contributed by atoms with E-state index in [1.807, 2.05) is 0 Å². The maximum atomic E-state index is 11.0. The van der Waals surface area contributed by atoms with Crippen LogP contribution in [0.5, 0.6) is 0 Å². The average Bonchev–Trinajstić information content (AvgIpc) is 2.33. The first-order valence-electron chi connectivity index (χ1n) is 3.79. The van der Waals surface area contributed by atoms with Gasteiger partial charge in [-0.05, 0) is 12.8 Å². The van der Waals surface area contributed by atoms with Crippen LogP contribution in [-0.2, 0) is 14.3 Å². The lowest BCUT2D eigenvalue weighted by molar-refractivity contribution is -0.173. The largest absolute Gasteiger partial charge is 0.392 e. The maximum absolute atomic E-state index is 11.0. The second kappa shape index (κ2) is 3.64. The number of hydroxylamine groups is 2. The Morgan fingerprint density at radius 1 is 1.58 bits per heavy atom. The summed E-state index contributed by atoms with van der Waals surface area (Å²) in [5.41, 5.74) is 0. The van der Waals surface area contributed by atoms with E-state index in [-0.39, 0.29) is 0 Å². The number of carbonyl (C=O) groups is 2. The fraction of sp³-hybridized carbons (Fsp3) is 0.714. The molecule has 12 heavy (non-hydrogen) atoms. The fourth-order valence-corrected chi connectivity index (χ4v) is 1.20. The summed E-state index contributed by atoms with van der Waals surface area (Å²) in [6.07, 6.45) is 1.29. The Morgan fingerprint density at radius 2 is 2.25 bits per heavy atom. The SMILES string of the molecule is CC(=O)OC(=O)[C@@H]1CCCN1O. The molecular formula is C7H11NO4. The highest BCUT2D eigenvalue weighted by Crippen LogP contribution is 2.15. The van der Waals surface area contributed by atoms with Crippen LogP contribution in [0.25, 0.3) is 0 Å². The second-order valence-electron chi connectivity index (χ2n) is 2.73. The summed E-state index contributed by atoms with van der Waals surface area (Å²) in [4.78, 5) is 21.4. The lowest BCUT2D eigenvalue weighted by Crippen LogP contribution is -2.35. The third kappa shape index (κ3) is 2.02. The molecule has 0 aromatic rings. The molecule has 1 atom stereocenters. The number of hydrogen-bond donors (Lipinski definition) is 1. The Labute approximate surface area is 69.9 Å². The molecule has 0 bridgehead atoms. The van der Waals surface area contributed by atoms with Gasteiger partial charge in [0.2, 0.25) is 0 Å². The van der Waals surface area contributed by atoms with Crippen LogP contribution in [-0.4, -0.2) is 34.8 Å². The topological polar surface area (TPSA) is 66.8 Å². The molecule has 68 valence electrons. The summed E-state index contributed by atoms with van der Waals surface area (Å²) in [6.45, 7) is 1.62.